The molecular formula is C17H24F2N2O3. The van der Waals surface area contributed by atoms with Crippen LogP contribution in [0.1, 0.15) is 50.6 Å². The van der Waals surface area contributed by atoms with Gasteiger partial charge in [-0.1, -0.05) is 38.0 Å². The lowest BCUT2D eigenvalue weighted by Crippen LogP contribution is -2.53. The van der Waals surface area contributed by atoms with Crippen LogP contribution in [0.15, 0.2) is 24.3 Å². The van der Waals surface area contributed by atoms with Gasteiger partial charge >= 0.3 is 12.6 Å². The maximum absolute atomic E-state index is 12.5. The number of carbonyl (C=O) groups is 1. The molecule has 1 aromatic rings. The first-order valence-corrected chi connectivity index (χ1v) is 8.23. The summed E-state index contributed by atoms with van der Waals surface area (Å²) < 4.78 is 29.6. The van der Waals surface area contributed by atoms with E-state index in [9.17, 15) is 18.7 Å². The number of alkyl halides is 2. The molecule has 24 heavy (non-hydrogen) atoms. The van der Waals surface area contributed by atoms with Crippen LogP contribution < -0.4 is 15.4 Å². The molecule has 1 atom stereocenters. The average molecular weight is 342 g/mol. The zero-order valence-corrected chi connectivity index (χ0v) is 13.7. The standard InChI is InChI=1S/C17H24F2N2O3/c1-2-13(12-7-3-4-8-14(12)24-15(18)19)20-16(23)21-17(11-22)9-5-6-10-17/h3-4,7-8,13,15,22H,2,5-6,9-11H2,1H3,(H2,20,21,23). The highest BCUT2D eigenvalue weighted by molar-refractivity contribution is 5.75. The quantitative estimate of drug-likeness (QED) is 0.712. The van der Waals surface area contributed by atoms with E-state index in [1.165, 1.54) is 6.07 Å². The van der Waals surface area contributed by atoms with Crippen molar-refractivity contribution in [2.45, 2.75) is 57.2 Å². The number of aliphatic hydroxyl groups is 1. The van der Waals surface area contributed by atoms with Gasteiger partial charge in [-0.2, -0.15) is 8.78 Å². The highest BCUT2D eigenvalue weighted by Gasteiger charge is 2.35. The van der Waals surface area contributed by atoms with Gasteiger partial charge < -0.3 is 20.5 Å². The summed E-state index contributed by atoms with van der Waals surface area (Å²) in [5.41, 5.74) is -0.0821. The molecule has 0 heterocycles. The number of rotatable bonds is 7. The van der Waals surface area contributed by atoms with Crippen LogP contribution in [-0.4, -0.2) is 29.9 Å². The number of aliphatic hydroxyl groups excluding tert-OH is 1. The van der Waals surface area contributed by atoms with Crippen LogP contribution >= 0.6 is 0 Å². The highest BCUT2D eigenvalue weighted by atomic mass is 19.3. The van der Waals surface area contributed by atoms with Gasteiger partial charge in [0.25, 0.3) is 0 Å². The fraction of sp³-hybridized carbons (Fsp3) is 0.588. The molecule has 1 aliphatic rings. The van der Waals surface area contributed by atoms with E-state index < -0.39 is 24.2 Å². The minimum atomic E-state index is -2.92. The second-order valence-electron chi connectivity index (χ2n) is 6.12. The van der Waals surface area contributed by atoms with E-state index in [2.05, 4.69) is 15.4 Å². The summed E-state index contributed by atoms with van der Waals surface area (Å²) in [5, 5.41) is 15.2. The Morgan fingerprint density at radius 3 is 2.58 bits per heavy atom. The Hall–Kier alpha value is -1.89. The summed E-state index contributed by atoms with van der Waals surface area (Å²) in [7, 11) is 0. The van der Waals surface area contributed by atoms with Gasteiger partial charge in [-0.05, 0) is 25.3 Å². The van der Waals surface area contributed by atoms with Crippen molar-refractivity contribution >= 4 is 6.03 Å². The van der Waals surface area contributed by atoms with E-state index >= 15 is 0 Å². The highest BCUT2D eigenvalue weighted by Crippen LogP contribution is 2.30. The SMILES string of the molecule is CCC(NC(=O)NC1(CO)CCCC1)c1ccccc1OC(F)F. The number of amides is 2. The molecule has 0 spiro atoms. The van der Waals surface area contributed by atoms with Crippen LogP contribution in [-0.2, 0) is 0 Å². The normalized spacial score (nSPS) is 17.5. The van der Waals surface area contributed by atoms with Crippen molar-refractivity contribution in [3.05, 3.63) is 29.8 Å². The number of para-hydroxylation sites is 1. The van der Waals surface area contributed by atoms with Crippen LogP contribution in [0.5, 0.6) is 5.75 Å². The summed E-state index contributed by atoms with van der Waals surface area (Å²) in [6.45, 7) is -1.18. The Morgan fingerprint density at radius 2 is 2.00 bits per heavy atom. The first-order valence-electron chi connectivity index (χ1n) is 8.23. The maximum atomic E-state index is 12.5. The molecule has 1 aliphatic carbocycles. The number of nitrogens with one attached hydrogen (secondary N) is 2. The number of hydrogen-bond donors (Lipinski definition) is 3. The average Bonchev–Trinajstić information content (AvgIpc) is 3.02. The summed E-state index contributed by atoms with van der Waals surface area (Å²) in [6.07, 6.45) is 3.91. The van der Waals surface area contributed by atoms with Gasteiger partial charge in [-0.15, -0.1) is 0 Å². The predicted octanol–water partition coefficient (Wildman–Crippen LogP) is 3.34. The number of benzene rings is 1. The second-order valence-corrected chi connectivity index (χ2v) is 6.12. The Morgan fingerprint density at radius 1 is 1.33 bits per heavy atom. The van der Waals surface area contributed by atoms with Crippen molar-refractivity contribution in [3.63, 3.8) is 0 Å². The molecule has 0 radical (unpaired) electrons. The Kier molecular flexibility index (Phi) is 6.36. The van der Waals surface area contributed by atoms with Crippen LogP contribution in [0.3, 0.4) is 0 Å². The molecule has 2 rings (SSSR count). The molecule has 3 N–H and O–H groups in total. The van der Waals surface area contributed by atoms with Gasteiger partial charge in [0.1, 0.15) is 5.75 Å². The van der Waals surface area contributed by atoms with Gasteiger partial charge in [0.05, 0.1) is 18.2 Å². The van der Waals surface area contributed by atoms with Gasteiger partial charge in [0, 0.05) is 5.56 Å². The minimum Gasteiger partial charge on any atom is -0.434 e. The van der Waals surface area contributed by atoms with E-state index in [4.69, 9.17) is 0 Å². The lowest BCUT2D eigenvalue weighted by molar-refractivity contribution is -0.0506. The monoisotopic (exact) mass is 342 g/mol. The summed E-state index contributed by atoms with van der Waals surface area (Å²) >= 11 is 0. The molecule has 0 aliphatic heterocycles. The third-order valence-corrected chi connectivity index (χ3v) is 4.47. The third kappa shape index (κ3) is 4.56. The van der Waals surface area contributed by atoms with Crippen molar-refractivity contribution in [1.82, 2.24) is 10.6 Å². The molecule has 1 unspecified atom stereocenters. The van der Waals surface area contributed by atoms with Crippen LogP contribution in [0, 0.1) is 0 Å². The summed E-state index contributed by atoms with van der Waals surface area (Å²) in [5.74, 6) is 0.0531. The first kappa shape index (κ1) is 18.4. The number of halogens is 2. The smallest absolute Gasteiger partial charge is 0.387 e. The molecule has 1 fully saturated rings. The fourth-order valence-corrected chi connectivity index (χ4v) is 3.18. The molecule has 5 nitrogen and oxygen atoms in total. The van der Waals surface area contributed by atoms with Gasteiger partial charge in [0.2, 0.25) is 0 Å². The Balaban J connectivity index is 2.08. The van der Waals surface area contributed by atoms with Gasteiger partial charge in [0.15, 0.2) is 0 Å². The van der Waals surface area contributed by atoms with E-state index in [-0.39, 0.29) is 12.4 Å². The van der Waals surface area contributed by atoms with Crippen molar-refractivity contribution in [1.29, 1.82) is 0 Å². The third-order valence-electron chi connectivity index (χ3n) is 4.47. The Labute approximate surface area is 140 Å². The molecular weight excluding hydrogens is 318 g/mol. The molecule has 0 aromatic heterocycles. The lowest BCUT2D eigenvalue weighted by Gasteiger charge is -2.29. The van der Waals surface area contributed by atoms with Crippen molar-refractivity contribution in [2.75, 3.05) is 6.61 Å². The van der Waals surface area contributed by atoms with Crippen molar-refractivity contribution in [3.8, 4) is 5.75 Å². The predicted molar refractivity (Wildman–Crippen MR) is 86.1 cm³/mol. The molecule has 134 valence electrons. The summed E-state index contributed by atoms with van der Waals surface area (Å²) in [6, 6.07) is 5.55. The van der Waals surface area contributed by atoms with Gasteiger partial charge in [-0.3, -0.25) is 0 Å². The van der Waals surface area contributed by atoms with Crippen molar-refractivity contribution in [2.24, 2.45) is 0 Å². The number of carbonyl (C=O) groups excluding carboxylic acids is 1. The Bertz CT molecular complexity index is 548. The largest absolute Gasteiger partial charge is 0.434 e. The number of urea groups is 1. The number of hydrogen-bond acceptors (Lipinski definition) is 3. The fourth-order valence-electron chi connectivity index (χ4n) is 3.18. The number of ether oxygens (including phenoxy) is 1. The lowest BCUT2D eigenvalue weighted by atomic mass is 9.99. The van der Waals surface area contributed by atoms with Crippen LogP contribution in [0.4, 0.5) is 13.6 Å². The molecule has 2 amide bonds. The molecule has 1 saturated carbocycles. The molecule has 1 aromatic carbocycles. The molecule has 7 heteroatoms. The molecule has 0 bridgehead atoms. The van der Waals surface area contributed by atoms with Gasteiger partial charge in [-0.25, -0.2) is 4.79 Å². The first-order chi connectivity index (χ1) is 11.5. The minimum absolute atomic E-state index is 0.0531. The molecule has 0 saturated heterocycles. The van der Waals surface area contributed by atoms with Crippen LogP contribution in [0.2, 0.25) is 0 Å². The topological polar surface area (TPSA) is 70.6 Å². The zero-order valence-electron chi connectivity index (χ0n) is 13.7. The maximum Gasteiger partial charge on any atom is 0.387 e. The van der Waals surface area contributed by atoms with Crippen molar-refractivity contribution < 1.29 is 23.4 Å². The van der Waals surface area contributed by atoms with Crippen LogP contribution in [0.25, 0.3) is 0 Å². The summed E-state index contributed by atoms with van der Waals surface area (Å²) in [4.78, 5) is 12.3. The van der Waals surface area contributed by atoms with E-state index in [0.717, 1.165) is 25.7 Å². The van der Waals surface area contributed by atoms with E-state index in [1.807, 2.05) is 6.92 Å². The van der Waals surface area contributed by atoms with E-state index in [1.54, 1.807) is 18.2 Å². The zero-order chi connectivity index (χ0) is 17.6. The second kappa shape index (κ2) is 8.28. The van der Waals surface area contributed by atoms with E-state index in [0.29, 0.717) is 12.0 Å².